The van der Waals surface area contributed by atoms with Crippen LogP contribution in [-0.2, 0) is 9.53 Å². The van der Waals surface area contributed by atoms with Crippen molar-refractivity contribution in [3.63, 3.8) is 0 Å². The van der Waals surface area contributed by atoms with Crippen LogP contribution in [0.25, 0.3) is 0 Å². The molecule has 18 heavy (non-hydrogen) atoms. The van der Waals surface area contributed by atoms with E-state index in [2.05, 4.69) is 40.2 Å². The maximum Gasteiger partial charge on any atom is 0.330 e. The molecule has 2 rings (SSSR count). The zero-order valence-electron chi connectivity index (χ0n) is 10.5. The average Bonchev–Trinajstić information content (AvgIpc) is 2.78. The predicted octanol–water partition coefficient (Wildman–Crippen LogP) is 4.21. The van der Waals surface area contributed by atoms with E-state index < -0.39 is 0 Å². The van der Waals surface area contributed by atoms with Crippen LogP contribution < -0.4 is 0 Å². The van der Waals surface area contributed by atoms with Crippen molar-refractivity contribution in [1.82, 2.24) is 0 Å². The molecule has 0 heterocycles. The van der Waals surface area contributed by atoms with Crippen molar-refractivity contribution in [3.05, 3.63) is 46.0 Å². The molecule has 0 N–H and O–H groups in total. The molecule has 1 aliphatic rings. The van der Waals surface area contributed by atoms with E-state index >= 15 is 0 Å². The molecule has 1 fully saturated rings. The van der Waals surface area contributed by atoms with Gasteiger partial charge in [-0.05, 0) is 49.8 Å². The van der Waals surface area contributed by atoms with Crippen molar-refractivity contribution in [2.75, 3.05) is 6.61 Å². The Labute approximate surface area is 116 Å². The summed E-state index contributed by atoms with van der Waals surface area (Å²) in [5, 5.41) is 0. The van der Waals surface area contributed by atoms with Crippen LogP contribution in [0.2, 0.25) is 0 Å². The van der Waals surface area contributed by atoms with E-state index in [4.69, 9.17) is 4.74 Å². The Morgan fingerprint density at radius 1 is 1.44 bits per heavy atom. The monoisotopic (exact) mass is 308 g/mol. The molecular weight excluding hydrogens is 292 g/mol. The summed E-state index contributed by atoms with van der Waals surface area (Å²) >= 11 is 3.44. The number of esters is 1. The van der Waals surface area contributed by atoms with Gasteiger partial charge >= 0.3 is 5.97 Å². The van der Waals surface area contributed by atoms with Gasteiger partial charge in [-0.1, -0.05) is 33.6 Å². The Morgan fingerprint density at radius 2 is 2.17 bits per heavy atom. The van der Waals surface area contributed by atoms with Crippen LogP contribution in [-0.4, -0.2) is 12.6 Å². The molecule has 0 amide bonds. The first-order chi connectivity index (χ1) is 8.69. The van der Waals surface area contributed by atoms with Crippen LogP contribution in [0, 0.1) is 0 Å². The van der Waals surface area contributed by atoms with Gasteiger partial charge in [-0.2, -0.15) is 0 Å². The van der Waals surface area contributed by atoms with Gasteiger partial charge in [-0.15, -0.1) is 0 Å². The summed E-state index contributed by atoms with van der Waals surface area (Å²) in [6.07, 6.45) is 4.76. The number of allylic oxidation sites excluding steroid dienone is 1. The summed E-state index contributed by atoms with van der Waals surface area (Å²) in [7, 11) is 0. The molecule has 2 nitrogen and oxygen atoms in total. The number of hydrogen-bond acceptors (Lipinski definition) is 2. The van der Waals surface area contributed by atoms with Crippen molar-refractivity contribution in [3.8, 4) is 0 Å². The zero-order chi connectivity index (χ0) is 13.0. The summed E-state index contributed by atoms with van der Waals surface area (Å²) in [6, 6.07) is 8.45. The number of hydrogen-bond donors (Lipinski definition) is 0. The van der Waals surface area contributed by atoms with Gasteiger partial charge in [0.25, 0.3) is 0 Å². The van der Waals surface area contributed by atoms with E-state index in [0.29, 0.717) is 12.5 Å². The van der Waals surface area contributed by atoms with Gasteiger partial charge in [0.05, 0.1) is 6.61 Å². The molecule has 96 valence electrons. The Bertz CT molecular complexity index is 448. The fraction of sp³-hybridized carbons (Fsp3) is 0.400. The summed E-state index contributed by atoms with van der Waals surface area (Å²) in [5.41, 5.74) is 2.56. The molecular formula is C15H17BrO2. The van der Waals surface area contributed by atoms with Gasteiger partial charge in [0, 0.05) is 10.5 Å². The third kappa shape index (κ3) is 3.45. The van der Waals surface area contributed by atoms with Crippen LogP contribution in [0.5, 0.6) is 0 Å². The lowest BCUT2D eigenvalue weighted by molar-refractivity contribution is -0.137. The van der Waals surface area contributed by atoms with Crippen molar-refractivity contribution < 1.29 is 9.53 Å². The first kappa shape index (κ1) is 13.3. The van der Waals surface area contributed by atoms with Gasteiger partial charge < -0.3 is 4.74 Å². The molecule has 1 saturated carbocycles. The van der Waals surface area contributed by atoms with E-state index in [1.807, 2.05) is 6.92 Å². The van der Waals surface area contributed by atoms with Gasteiger partial charge in [0.2, 0.25) is 0 Å². The second kappa shape index (κ2) is 6.19. The summed E-state index contributed by atoms with van der Waals surface area (Å²) < 4.78 is 6.04. The molecule has 1 aliphatic carbocycles. The highest BCUT2D eigenvalue weighted by Crippen LogP contribution is 2.38. The quantitative estimate of drug-likeness (QED) is 0.618. The fourth-order valence-corrected chi connectivity index (χ4v) is 2.65. The smallest absolute Gasteiger partial charge is 0.330 e. The van der Waals surface area contributed by atoms with Crippen molar-refractivity contribution >= 4 is 21.9 Å². The number of ether oxygens (including phenoxy) is 1. The highest BCUT2D eigenvalue weighted by atomic mass is 79.9. The first-order valence-corrected chi connectivity index (χ1v) is 7.10. The van der Waals surface area contributed by atoms with Gasteiger partial charge in [-0.25, -0.2) is 4.79 Å². The molecule has 0 aromatic heterocycles. The van der Waals surface area contributed by atoms with Crippen molar-refractivity contribution in [1.29, 1.82) is 0 Å². The predicted molar refractivity (Wildman–Crippen MR) is 75.5 cm³/mol. The number of carbonyl (C=O) groups excluding carboxylic acids is 1. The van der Waals surface area contributed by atoms with Gasteiger partial charge in [0.1, 0.15) is 0 Å². The molecule has 1 aromatic carbocycles. The largest absolute Gasteiger partial charge is 0.463 e. The van der Waals surface area contributed by atoms with Crippen LogP contribution in [0.15, 0.2) is 40.4 Å². The number of carbonyl (C=O) groups is 1. The minimum Gasteiger partial charge on any atom is -0.463 e. The minimum absolute atomic E-state index is 0.205. The Hall–Kier alpha value is -1.09. The lowest BCUT2D eigenvalue weighted by Gasteiger charge is -2.08. The molecule has 3 heteroatoms. The number of benzene rings is 1. The second-order valence-corrected chi connectivity index (χ2v) is 5.46. The maximum atomic E-state index is 11.4. The van der Waals surface area contributed by atoms with Crippen molar-refractivity contribution in [2.45, 2.75) is 32.1 Å². The average molecular weight is 309 g/mol. The normalized spacial score (nSPS) is 21.2. The molecule has 0 aliphatic heterocycles. The van der Waals surface area contributed by atoms with E-state index in [1.165, 1.54) is 11.1 Å². The zero-order valence-corrected chi connectivity index (χ0v) is 12.1. The van der Waals surface area contributed by atoms with E-state index in [-0.39, 0.29) is 5.97 Å². The SMILES string of the molecule is CCOC(=O)/C=C1\CCC(c2ccc(Br)cc2)C1. The highest BCUT2D eigenvalue weighted by molar-refractivity contribution is 9.10. The third-order valence-electron chi connectivity index (χ3n) is 3.27. The van der Waals surface area contributed by atoms with E-state index in [9.17, 15) is 4.79 Å². The lowest BCUT2D eigenvalue weighted by atomic mass is 9.97. The number of rotatable bonds is 3. The molecule has 0 bridgehead atoms. The van der Waals surface area contributed by atoms with Crippen molar-refractivity contribution in [2.24, 2.45) is 0 Å². The number of halogens is 1. The first-order valence-electron chi connectivity index (χ1n) is 6.30. The standard InChI is InChI=1S/C15H17BrO2/c1-2-18-15(17)10-11-3-4-13(9-11)12-5-7-14(16)8-6-12/h5-8,10,13H,2-4,9H2,1H3/b11-10+. The van der Waals surface area contributed by atoms with Crippen LogP contribution in [0.1, 0.15) is 37.7 Å². The minimum atomic E-state index is -0.205. The van der Waals surface area contributed by atoms with Crippen LogP contribution >= 0.6 is 15.9 Å². The van der Waals surface area contributed by atoms with Gasteiger partial charge in [-0.3, -0.25) is 0 Å². The van der Waals surface area contributed by atoms with Gasteiger partial charge in [0.15, 0.2) is 0 Å². The third-order valence-corrected chi connectivity index (χ3v) is 3.80. The molecule has 0 spiro atoms. The summed E-state index contributed by atoms with van der Waals surface area (Å²) in [6.45, 7) is 2.27. The fourth-order valence-electron chi connectivity index (χ4n) is 2.38. The second-order valence-electron chi connectivity index (χ2n) is 4.55. The molecule has 1 aromatic rings. The van der Waals surface area contributed by atoms with E-state index in [0.717, 1.165) is 23.7 Å². The maximum absolute atomic E-state index is 11.4. The van der Waals surface area contributed by atoms with E-state index in [1.54, 1.807) is 6.08 Å². The Kier molecular flexibility index (Phi) is 4.59. The summed E-state index contributed by atoms with van der Waals surface area (Å²) in [5.74, 6) is 0.336. The highest BCUT2D eigenvalue weighted by Gasteiger charge is 2.21. The summed E-state index contributed by atoms with van der Waals surface area (Å²) in [4.78, 5) is 11.4. The topological polar surface area (TPSA) is 26.3 Å². The Morgan fingerprint density at radius 3 is 2.83 bits per heavy atom. The lowest BCUT2D eigenvalue weighted by Crippen LogP contribution is -2.00. The Balaban J connectivity index is 2.00. The molecule has 0 radical (unpaired) electrons. The van der Waals surface area contributed by atoms with Crippen LogP contribution in [0.4, 0.5) is 0 Å². The van der Waals surface area contributed by atoms with Crippen LogP contribution in [0.3, 0.4) is 0 Å². The molecule has 1 unspecified atom stereocenters. The molecule has 0 saturated heterocycles. The molecule has 1 atom stereocenters.